The summed E-state index contributed by atoms with van der Waals surface area (Å²) in [6.07, 6.45) is 7.03. The Morgan fingerprint density at radius 3 is 2.55 bits per heavy atom. The lowest BCUT2D eigenvalue weighted by Gasteiger charge is -2.34. The molecule has 0 spiro atoms. The van der Waals surface area contributed by atoms with Gasteiger partial charge < -0.3 is 9.88 Å². The summed E-state index contributed by atoms with van der Waals surface area (Å²) < 4.78 is 24.9. The normalized spacial score (nSPS) is 18.1. The molecule has 2 aliphatic heterocycles. The second kappa shape index (κ2) is 7.70. The van der Waals surface area contributed by atoms with Gasteiger partial charge in [-0.15, -0.1) is 0 Å². The van der Waals surface area contributed by atoms with E-state index in [-0.39, 0.29) is 5.91 Å². The Morgan fingerprint density at radius 1 is 1.03 bits per heavy atom. The molecular formula is C21H24N6O3S. The first kappa shape index (κ1) is 20.1. The number of pyridine rings is 2. The lowest BCUT2D eigenvalue weighted by molar-refractivity contribution is -0.117. The maximum absolute atomic E-state index is 12.6. The Hall–Kier alpha value is -2.82. The molecule has 0 bridgehead atoms. The van der Waals surface area contributed by atoms with Crippen molar-refractivity contribution in [3.8, 4) is 11.1 Å². The van der Waals surface area contributed by atoms with Crippen molar-refractivity contribution in [3.05, 3.63) is 42.5 Å². The van der Waals surface area contributed by atoms with Crippen molar-refractivity contribution in [1.82, 2.24) is 24.2 Å². The number of sulfonamides is 1. The van der Waals surface area contributed by atoms with Crippen LogP contribution in [0.4, 0.5) is 5.69 Å². The number of anilines is 1. The molecule has 1 N–H and O–H groups in total. The van der Waals surface area contributed by atoms with Crippen LogP contribution >= 0.6 is 0 Å². The third kappa shape index (κ3) is 3.93. The van der Waals surface area contributed by atoms with E-state index in [0.29, 0.717) is 45.7 Å². The zero-order chi connectivity index (χ0) is 21.6. The second-order valence-corrected chi connectivity index (χ2v) is 10.0. The first-order chi connectivity index (χ1) is 14.9. The van der Waals surface area contributed by atoms with Gasteiger partial charge in [-0.3, -0.25) is 14.7 Å². The van der Waals surface area contributed by atoms with Crippen molar-refractivity contribution in [2.45, 2.75) is 6.42 Å². The number of rotatable bonds is 5. The molecule has 5 rings (SSSR count). The van der Waals surface area contributed by atoms with Crippen LogP contribution in [0.1, 0.15) is 5.69 Å². The average molecular weight is 441 g/mol. The topological polar surface area (TPSA) is 102 Å². The molecule has 1 saturated heterocycles. The molecule has 0 radical (unpaired) electrons. The largest absolute Gasteiger partial charge is 0.346 e. The van der Waals surface area contributed by atoms with Crippen LogP contribution in [0.2, 0.25) is 0 Å². The summed E-state index contributed by atoms with van der Waals surface area (Å²) in [6, 6.07) is 6.06. The number of hydrogen-bond acceptors (Lipinski definition) is 6. The number of carbonyl (C=O) groups is 1. The van der Waals surface area contributed by atoms with Gasteiger partial charge in [0.15, 0.2) is 0 Å². The van der Waals surface area contributed by atoms with E-state index < -0.39 is 10.0 Å². The van der Waals surface area contributed by atoms with Crippen LogP contribution < -0.4 is 4.90 Å². The van der Waals surface area contributed by atoms with Gasteiger partial charge in [-0.25, -0.2) is 13.4 Å². The van der Waals surface area contributed by atoms with E-state index in [1.165, 1.54) is 10.6 Å². The van der Waals surface area contributed by atoms with Crippen LogP contribution in [-0.4, -0.2) is 84.0 Å². The smallest absolute Gasteiger partial charge is 0.233 e. The highest BCUT2D eigenvalue weighted by atomic mass is 32.2. The maximum Gasteiger partial charge on any atom is 0.233 e. The molecule has 0 unspecified atom stereocenters. The van der Waals surface area contributed by atoms with Crippen molar-refractivity contribution in [1.29, 1.82) is 0 Å². The molecule has 1 fully saturated rings. The number of H-pyrrole nitrogens is 1. The summed E-state index contributed by atoms with van der Waals surface area (Å²) in [7, 11) is -3.14. The second-order valence-electron chi connectivity index (χ2n) is 8.06. The van der Waals surface area contributed by atoms with Gasteiger partial charge in [-0.1, -0.05) is 0 Å². The molecule has 1 amide bonds. The quantitative estimate of drug-likeness (QED) is 0.637. The summed E-state index contributed by atoms with van der Waals surface area (Å²) in [4.78, 5) is 28.7. The fourth-order valence-electron chi connectivity index (χ4n) is 4.25. The average Bonchev–Trinajstić information content (AvgIpc) is 3.34. The van der Waals surface area contributed by atoms with Crippen molar-refractivity contribution < 1.29 is 13.2 Å². The lowest BCUT2D eigenvalue weighted by Crippen LogP contribution is -2.50. The van der Waals surface area contributed by atoms with Crippen LogP contribution in [0, 0.1) is 0 Å². The van der Waals surface area contributed by atoms with E-state index in [2.05, 4.69) is 25.9 Å². The van der Waals surface area contributed by atoms with Crippen LogP contribution in [0.15, 0.2) is 36.8 Å². The summed E-state index contributed by atoms with van der Waals surface area (Å²) in [6.45, 7) is 3.58. The van der Waals surface area contributed by atoms with Gasteiger partial charge in [0, 0.05) is 74.4 Å². The number of fused-ring (bicyclic) bond motifs is 2. The van der Waals surface area contributed by atoms with Gasteiger partial charge in [0.05, 0.1) is 24.1 Å². The molecule has 0 saturated carbocycles. The van der Waals surface area contributed by atoms with Gasteiger partial charge in [-0.05, 0) is 18.2 Å². The highest BCUT2D eigenvalue weighted by Crippen LogP contribution is 2.32. The molecule has 3 aromatic heterocycles. The van der Waals surface area contributed by atoms with E-state index >= 15 is 0 Å². The predicted octanol–water partition coefficient (Wildman–Crippen LogP) is 1.09. The summed E-state index contributed by atoms with van der Waals surface area (Å²) in [5.41, 5.74) is 4.37. The van der Waals surface area contributed by atoms with Crippen molar-refractivity contribution in [2.75, 3.05) is 50.4 Å². The first-order valence-electron chi connectivity index (χ1n) is 10.3. The molecular weight excluding hydrogens is 416 g/mol. The van der Waals surface area contributed by atoms with Gasteiger partial charge in [0.2, 0.25) is 15.9 Å². The minimum Gasteiger partial charge on any atom is -0.346 e. The minimum absolute atomic E-state index is 0.0497. The van der Waals surface area contributed by atoms with Gasteiger partial charge in [0.25, 0.3) is 0 Å². The molecule has 2 aliphatic rings. The summed E-state index contributed by atoms with van der Waals surface area (Å²) in [5, 5.41) is 1.03. The highest BCUT2D eigenvalue weighted by Gasteiger charge is 2.30. The van der Waals surface area contributed by atoms with Crippen LogP contribution in [0.5, 0.6) is 0 Å². The van der Waals surface area contributed by atoms with E-state index in [1.807, 2.05) is 24.5 Å². The van der Waals surface area contributed by atoms with E-state index in [1.54, 1.807) is 11.1 Å². The predicted molar refractivity (Wildman–Crippen MR) is 118 cm³/mol. The standard InChI is InChI=1S/C21H24N6O3S/c1-31(29,30)26-7-4-25(5-8-26)6-9-27-19-11-17(13-23-18(19)12-20(27)28)16-10-15-2-3-22-21(15)24-14-16/h2-3,10-11,13-14H,4-9,12H2,1H3,(H,22,24). The number of aromatic amines is 1. The minimum atomic E-state index is -3.14. The Balaban J connectivity index is 1.31. The number of piperazine rings is 1. The summed E-state index contributed by atoms with van der Waals surface area (Å²) >= 11 is 0. The van der Waals surface area contributed by atoms with Gasteiger partial charge >= 0.3 is 0 Å². The molecule has 9 nitrogen and oxygen atoms in total. The fourth-order valence-corrected chi connectivity index (χ4v) is 5.08. The van der Waals surface area contributed by atoms with Gasteiger partial charge in [0.1, 0.15) is 5.65 Å². The van der Waals surface area contributed by atoms with Gasteiger partial charge in [-0.2, -0.15) is 4.31 Å². The molecule has 5 heterocycles. The molecule has 0 aliphatic carbocycles. The summed E-state index contributed by atoms with van der Waals surface area (Å²) in [5.74, 6) is 0.0497. The van der Waals surface area contributed by atoms with Crippen molar-refractivity contribution in [3.63, 3.8) is 0 Å². The monoisotopic (exact) mass is 440 g/mol. The highest BCUT2D eigenvalue weighted by molar-refractivity contribution is 7.88. The Morgan fingerprint density at radius 2 is 1.77 bits per heavy atom. The van der Waals surface area contributed by atoms with Crippen molar-refractivity contribution in [2.24, 2.45) is 0 Å². The number of nitrogens with one attached hydrogen (secondary N) is 1. The molecule has 162 valence electrons. The number of carbonyl (C=O) groups excluding carboxylic acids is 1. The van der Waals surface area contributed by atoms with Crippen molar-refractivity contribution >= 4 is 32.7 Å². The SMILES string of the molecule is CS(=O)(=O)N1CCN(CCN2C(=O)Cc3ncc(-c4cnc5[nH]ccc5c4)cc32)CC1. The fraction of sp³-hybridized carbons (Fsp3) is 0.381. The number of amides is 1. The lowest BCUT2D eigenvalue weighted by atomic mass is 10.1. The molecule has 31 heavy (non-hydrogen) atoms. The van der Waals surface area contributed by atoms with E-state index in [0.717, 1.165) is 33.5 Å². The molecule has 0 atom stereocenters. The Kier molecular flexibility index (Phi) is 4.99. The first-order valence-corrected chi connectivity index (χ1v) is 12.1. The van der Waals surface area contributed by atoms with Crippen LogP contribution in [-0.2, 0) is 21.2 Å². The maximum atomic E-state index is 12.6. The number of nitrogens with zero attached hydrogens (tertiary/aromatic N) is 5. The third-order valence-corrected chi connectivity index (χ3v) is 7.33. The third-order valence-electron chi connectivity index (χ3n) is 6.03. The van der Waals surface area contributed by atoms with E-state index in [4.69, 9.17) is 0 Å². The molecule has 3 aromatic rings. The Labute approximate surface area is 180 Å². The van der Waals surface area contributed by atoms with E-state index in [9.17, 15) is 13.2 Å². The zero-order valence-electron chi connectivity index (χ0n) is 17.3. The van der Waals surface area contributed by atoms with Crippen LogP contribution in [0.25, 0.3) is 22.2 Å². The number of hydrogen-bond donors (Lipinski definition) is 1. The van der Waals surface area contributed by atoms with Crippen LogP contribution in [0.3, 0.4) is 0 Å². The Bertz CT molecular complexity index is 1250. The molecule has 10 heteroatoms. The molecule has 0 aromatic carbocycles. The number of aromatic nitrogens is 3. The zero-order valence-corrected chi connectivity index (χ0v) is 18.1.